The fourth-order valence-electron chi connectivity index (χ4n) is 4.80. The first-order valence-corrected chi connectivity index (χ1v) is 7.75. The maximum absolute atomic E-state index is 12.3. The summed E-state index contributed by atoms with van der Waals surface area (Å²) in [6.45, 7) is 0.422. The Hall–Kier alpha value is -1.84. The van der Waals surface area contributed by atoms with Gasteiger partial charge in [0.25, 0.3) is 0 Å². The molecule has 3 aliphatic carbocycles. The van der Waals surface area contributed by atoms with Gasteiger partial charge in [-0.05, 0) is 60.6 Å². The van der Waals surface area contributed by atoms with Crippen LogP contribution in [0.3, 0.4) is 0 Å². The molecule has 4 nitrogen and oxygen atoms in total. The van der Waals surface area contributed by atoms with Crippen LogP contribution in [0.15, 0.2) is 24.3 Å². The quantitative estimate of drug-likeness (QED) is 0.892. The predicted molar refractivity (Wildman–Crippen MR) is 76.5 cm³/mol. The maximum Gasteiger partial charge on any atom is 0.335 e. The zero-order valence-corrected chi connectivity index (χ0v) is 11.8. The number of fused-ring (bicyclic) bond motifs is 5. The molecule has 0 radical (unpaired) electrons. The summed E-state index contributed by atoms with van der Waals surface area (Å²) in [5.41, 5.74) is 1.11. The van der Waals surface area contributed by atoms with Gasteiger partial charge in [-0.1, -0.05) is 12.1 Å². The average molecular weight is 285 g/mol. The Morgan fingerprint density at radius 2 is 1.90 bits per heavy atom. The number of nitrogens with one attached hydrogen (secondary N) is 1. The average Bonchev–Trinajstić information content (AvgIpc) is 2.93. The first-order chi connectivity index (χ1) is 10.1. The monoisotopic (exact) mass is 285 g/mol. The molecule has 0 aliphatic heterocycles. The van der Waals surface area contributed by atoms with E-state index in [4.69, 9.17) is 5.11 Å². The van der Waals surface area contributed by atoms with E-state index in [9.17, 15) is 9.59 Å². The third kappa shape index (κ3) is 2.04. The largest absolute Gasteiger partial charge is 0.478 e. The van der Waals surface area contributed by atoms with Gasteiger partial charge in [0, 0.05) is 12.5 Å². The lowest BCUT2D eigenvalue weighted by molar-refractivity contribution is -0.123. The predicted octanol–water partition coefficient (Wildman–Crippen LogP) is 2.29. The molecule has 110 valence electrons. The van der Waals surface area contributed by atoms with Crippen molar-refractivity contribution >= 4 is 11.9 Å². The fourth-order valence-corrected chi connectivity index (χ4v) is 4.80. The highest BCUT2D eigenvalue weighted by molar-refractivity contribution is 5.87. The number of carbonyl (C=O) groups is 2. The van der Waals surface area contributed by atoms with Gasteiger partial charge in [-0.25, -0.2) is 4.79 Å². The number of hydrogen-bond acceptors (Lipinski definition) is 2. The van der Waals surface area contributed by atoms with Crippen LogP contribution in [-0.2, 0) is 11.3 Å². The molecule has 1 aromatic rings. The molecule has 3 fully saturated rings. The van der Waals surface area contributed by atoms with Gasteiger partial charge >= 0.3 is 5.97 Å². The lowest BCUT2D eigenvalue weighted by Crippen LogP contribution is -2.27. The lowest BCUT2D eigenvalue weighted by Gasteiger charge is -2.10. The summed E-state index contributed by atoms with van der Waals surface area (Å²) in [6.07, 6.45) is 3.98. The SMILES string of the molecule is O=C(O)c1cccc(CNC(=O)C2[C@@H]3[C@H]4CC[C@@H](C4)[C@@H]23)c1. The standard InChI is InChI=1S/C17H19NO3/c19-16(15-13-10-4-5-11(7-10)14(13)15)18-8-9-2-1-3-12(6-9)17(20)21/h1-3,6,10-11,13-15H,4-5,7-8H2,(H,18,19)(H,20,21)/t10-,11-,13+,14+/m0/s1. The second kappa shape index (κ2) is 4.58. The van der Waals surface area contributed by atoms with Crippen molar-refractivity contribution in [2.45, 2.75) is 25.8 Å². The molecule has 4 heteroatoms. The molecule has 0 aromatic heterocycles. The molecule has 3 saturated carbocycles. The highest BCUT2D eigenvalue weighted by atomic mass is 16.4. The Morgan fingerprint density at radius 1 is 1.19 bits per heavy atom. The first kappa shape index (κ1) is 12.9. The number of aromatic carboxylic acids is 1. The normalized spacial score (nSPS) is 35.3. The number of hydrogen-bond donors (Lipinski definition) is 2. The van der Waals surface area contributed by atoms with Crippen LogP contribution in [0.4, 0.5) is 0 Å². The molecule has 0 unspecified atom stereocenters. The van der Waals surface area contributed by atoms with Crippen molar-refractivity contribution < 1.29 is 14.7 Å². The van der Waals surface area contributed by atoms with E-state index in [1.54, 1.807) is 18.2 Å². The van der Waals surface area contributed by atoms with E-state index in [0.29, 0.717) is 18.4 Å². The Morgan fingerprint density at radius 3 is 2.57 bits per heavy atom. The number of amides is 1. The van der Waals surface area contributed by atoms with Crippen molar-refractivity contribution in [2.24, 2.45) is 29.6 Å². The van der Waals surface area contributed by atoms with Gasteiger partial charge in [-0.2, -0.15) is 0 Å². The molecule has 0 saturated heterocycles. The summed E-state index contributed by atoms with van der Waals surface area (Å²) >= 11 is 0. The van der Waals surface area contributed by atoms with Crippen molar-refractivity contribution in [1.29, 1.82) is 0 Å². The highest BCUT2D eigenvalue weighted by Gasteiger charge is 2.67. The molecule has 2 bridgehead atoms. The van der Waals surface area contributed by atoms with E-state index in [1.807, 2.05) is 6.07 Å². The number of carboxylic acid groups (broad SMARTS) is 1. The zero-order chi connectivity index (χ0) is 14.6. The molecule has 2 N–H and O–H groups in total. The van der Waals surface area contributed by atoms with Gasteiger partial charge in [0.2, 0.25) is 5.91 Å². The molecule has 4 rings (SSSR count). The molecule has 0 spiro atoms. The molecular weight excluding hydrogens is 266 g/mol. The van der Waals surface area contributed by atoms with E-state index in [1.165, 1.54) is 19.3 Å². The van der Waals surface area contributed by atoms with E-state index in [0.717, 1.165) is 17.4 Å². The minimum atomic E-state index is -0.934. The van der Waals surface area contributed by atoms with Crippen LogP contribution in [0.5, 0.6) is 0 Å². The van der Waals surface area contributed by atoms with E-state index >= 15 is 0 Å². The molecule has 3 aliphatic rings. The summed E-state index contributed by atoms with van der Waals surface area (Å²) in [4.78, 5) is 23.2. The highest BCUT2D eigenvalue weighted by Crippen LogP contribution is 2.69. The Balaban J connectivity index is 1.36. The Bertz CT molecular complexity index is 596. The van der Waals surface area contributed by atoms with Gasteiger partial charge in [0.15, 0.2) is 0 Å². The van der Waals surface area contributed by atoms with Gasteiger partial charge in [0.05, 0.1) is 5.56 Å². The smallest absolute Gasteiger partial charge is 0.335 e. The third-order valence-corrected chi connectivity index (χ3v) is 5.68. The molecule has 4 atom stereocenters. The second-order valence-electron chi connectivity index (χ2n) is 6.74. The van der Waals surface area contributed by atoms with Crippen molar-refractivity contribution in [3.63, 3.8) is 0 Å². The number of rotatable bonds is 4. The summed E-state index contributed by atoms with van der Waals surface area (Å²) in [7, 11) is 0. The number of carbonyl (C=O) groups excluding carboxylic acids is 1. The maximum atomic E-state index is 12.3. The van der Waals surface area contributed by atoms with Crippen LogP contribution in [0.2, 0.25) is 0 Å². The summed E-state index contributed by atoms with van der Waals surface area (Å²) in [5.74, 6) is 2.36. The van der Waals surface area contributed by atoms with Crippen LogP contribution < -0.4 is 5.32 Å². The Labute approximate surface area is 123 Å². The molecule has 0 heterocycles. The minimum Gasteiger partial charge on any atom is -0.478 e. The van der Waals surface area contributed by atoms with Gasteiger partial charge in [0.1, 0.15) is 0 Å². The van der Waals surface area contributed by atoms with Gasteiger partial charge < -0.3 is 10.4 Å². The number of carboxylic acids is 1. The van der Waals surface area contributed by atoms with Crippen molar-refractivity contribution in [2.75, 3.05) is 0 Å². The summed E-state index contributed by atoms with van der Waals surface area (Å²) < 4.78 is 0. The zero-order valence-electron chi connectivity index (χ0n) is 11.8. The van der Waals surface area contributed by atoms with Crippen LogP contribution in [0.1, 0.15) is 35.2 Å². The van der Waals surface area contributed by atoms with Crippen molar-refractivity contribution in [1.82, 2.24) is 5.32 Å². The van der Waals surface area contributed by atoms with Crippen LogP contribution >= 0.6 is 0 Å². The van der Waals surface area contributed by atoms with Gasteiger partial charge in [-0.3, -0.25) is 4.79 Å². The van der Waals surface area contributed by atoms with Crippen molar-refractivity contribution in [3.05, 3.63) is 35.4 Å². The first-order valence-electron chi connectivity index (χ1n) is 7.75. The second-order valence-corrected chi connectivity index (χ2v) is 6.74. The fraction of sp³-hybridized carbons (Fsp3) is 0.529. The molecular formula is C17H19NO3. The third-order valence-electron chi connectivity index (χ3n) is 5.68. The van der Waals surface area contributed by atoms with E-state index in [2.05, 4.69) is 5.32 Å². The van der Waals surface area contributed by atoms with Crippen LogP contribution in [-0.4, -0.2) is 17.0 Å². The molecule has 1 aromatic carbocycles. The molecule has 21 heavy (non-hydrogen) atoms. The van der Waals surface area contributed by atoms with E-state index < -0.39 is 5.97 Å². The topological polar surface area (TPSA) is 66.4 Å². The Kier molecular flexibility index (Phi) is 2.81. The number of benzene rings is 1. The molecule has 1 amide bonds. The van der Waals surface area contributed by atoms with Crippen molar-refractivity contribution in [3.8, 4) is 0 Å². The minimum absolute atomic E-state index is 0.169. The lowest BCUT2D eigenvalue weighted by atomic mass is 10.0. The van der Waals surface area contributed by atoms with Crippen LogP contribution in [0.25, 0.3) is 0 Å². The van der Waals surface area contributed by atoms with Gasteiger partial charge in [-0.15, -0.1) is 0 Å². The summed E-state index contributed by atoms with van der Waals surface area (Å²) in [5, 5.41) is 12.0. The van der Waals surface area contributed by atoms with E-state index in [-0.39, 0.29) is 17.4 Å². The summed E-state index contributed by atoms with van der Waals surface area (Å²) in [6, 6.07) is 6.76. The van der Waals surface area contributed by atoms with Crippen LogP contribution in [0, 0.1) is 29.6 Å².